The van der Waals surface area contributed by atoms with Crippen LogP contribution in [0.3, 0.4) is 0 Å². The molecule has 5 heteroatoms. The van der Waals surface area contributed by atoms with Gasteiger partial charge in [0.05, 0.1) is 0 Å². The van der Waals surface area contributed by atoms with Gasteiger partial charge in [-0.05, 0) is 6.07 Å². The third kappa shape index (κ3) is 0.997. The maximum Gasteiger partial charge on any atom is 0.360 e. The van der Waals surface area contributed by atoms with E-state index in [0.29, 0.717) is 11.3 Å². The lowest BCUT2D eigenvalue weighted by Gasteiger charge is -2.21. The van der Waals surface area contributed by atoms with Gasteiger partial charge in [0.25, 0.3) is 5.72 Å². The number of rotatable bonds is 1. The second kappa shape index (κ2) is 2.70. The molecule has 5 nitrogen and oxygen atoms in total. The van der Waals surface area contributed by atoms with Gasteiger partial charge in [-0.3, -0.25) is 0 Å². The van der Waals surface area contributed by atoms with E-state index >= 15 is 0 Å². The quantitative estimate of drug-likeness (QED) is 0.503. The van der Waals surface area contributed by atoms with Crippen LogP contribution in [0.1, 0.15) is 11.7 Å². The molecule has 1 aromatic rings. The lowest BCUT2D eigenvalue weighted by Crippen LogP contribution is -2.47. The van der Waals surface area contributed by atoms with Gasteiger partial charge in [-0.2, -0.15) is 0 Å². The minimum absolute atomic E-state index is 0.386. The topological polar surface area (TPSA) is 89.8 Å². The number of benzene rings is 1. The van der Waals surface area contributed by atoms with Crippen LogP contribution in [0.15, 0.2) is 24.3 Å². The van der Waals surface area contributed by atoms with Gasteiger partial charge in [0.1, 0.15) is 6.10 Å². The zero-order chi connectivity index (χ0) is 10.3. The number of aliphatic carboxylic acids is 1. The van der Waals surface area contributed by atoms with Crippen LogP contribution in [-0.4, -0.2) is 27.0 Å². The van der Waals surface area contributed by atoms with Gasteiger partial charge in [0, 0.05) is 11.3 Å². The Morgan fingerprint density at radius 2 is 2.07 bits per heavy atom. The fraction of sp³-hybridized carbons (Fsp3) is 0.222. The summed E-state index contributed by atoms with van der Waals surface area (Å²) in [6.07, 6.45) is -1.45. The molecule has 14 heavy (non-hydrogen) atoms. The van der Waals surface area contributed by atoms with E-state index in [1.54, 1.807) is 24.3 Å². The summed E-state index contributed by atoms with van der Waals surface area (Å²) in [7, 11) is 0. The van der Waals surface area contributed by atoms with Gasteiger partial charge >= 0.3 is 5.97 Å². The van der Waals surface area contributed by atoms with Crippen molar-refractivity contribution in [2.24, 2.45) is 0 Å². The highest BCUT2D eigenvalue weighted by Crippen LogP contribution is 2.39. The predicted octanol–water partition coefficient (Wildman–Crippen LogP) is -0.0813. The highest BCUT2D eigenvalue weighted by molar-refractivity contribution is 5.85. The molecule has 1 heterocycles. The lowest BCUT2D eigenvalue weighted by atomic mass is 10.0. The minimum Gasteiger partial charge on any atom is -0.478 e. The Morgan fingerprint density at radius 3 is 2.64 bits per heavy atom. The van der Waals surface area contributed by atoms with Crippen LogP contribution in [0, 0.1) is 0 Å². The van der Waals surface area contributed by atoms with Crippen molar-refractivity contribution in [2.45, 2.75) is 11.8 Å². The Hall–Kier alpha value is -1.59. The molecule has 2 rings (SSSR count). The first-order chi connectivity index (χ1) is 6.55. The summed E-state index contributed by atoms with van der Waals surface area (Å²) in [5.74, 6) is -1.50. The maximum absolute atomic E-state index is 10.7. The van der Waals surface area contributed by atoms with Crippen LogP contribution >= 0.6 is 0 Å². The Labute approximate surface area is 79.6 Å². The van der Waals surface area contributed by atoms with E-state index in [1.165, 1.54) is 0 Å². The standard InChI is InChI=1S/C9H9NO4/c11-7-5-3-1-2-4-6(5)10-9(7,14)8(12)13/h1-4,7,10-11,14H,(H,12,13). The monoisotopic (exact) mass is 195 g/mol. The Bertz CT molecular complexity index is 392. The van der Waals surface area contributed by atoms with Crippen LogP contribution in [0.2, 0.25) is 0 Å². The first kappa shape index (κ1) is 8.98. The third-order valence-electron chi connectivity index (χ3n) is 2.30. The molecule has 0 fully saturated rings. The minimum atomic E-state index is -2.32. The summed E-state index contributed by atoms with van der Waals surface area (Å²) in [5.41, 5.74) is -1.49. The van der Waals surface area contributed by atoms with Gasteiger partial charge in [0.15, 0.2) is 0 Å². The fourth-order valence-electron chi connectivity index (χ4n) is 1.52. The first-order valence-corrected chi connectivity index (χ1v) is 4.06. The Kier molecular flexibility index (Phi) is 1.73. The number of para-hydroxylation sites is 1. The molecule has 0 bridgehead atoms. The molecule has 2 unspecified atom stereocenters. The number of hydrogen-bond acceptors (Lipinski definition) is 4. The Morgan fingerprint density at radius 1 is 1.43 bits per heavy atom. The van der Waals surface area contributed by atoms with Crippen molar-refractivity contribution in [2.75, 3.05) is 5.32 Å². The number of nitrogens with one attached hydrogen (secondary N) is 1. The summed E-state index contributed by atoms with van der Waals surface area (Å²) in [5, 5.41) is 30.3. The number of carboxylic acids is 1. The zero-order valence-electron chi connectivity index (χ0n) is 7.14. The SMILES string of the molecule is O=C(O)C1(O)Nc2ccccc2C1O. The first-order valence-electron chi connectivity index (χ1n) is 4.06. The largest absolute Gasteiger partial charge is 0.478 e. The number of aliphatic hydroxyl groups excluding tert-OH is 1. The van der Waals surface area contributed by atoms with E-state index in [9.17, 15) is 15.0 Å². The van der Waals surface area contributed by atoms with E-state index in [1.807, 2.05) is 0 Å². The molecular weight excluding hydrogens is 186 g/mol. The van der Waals surface area contributed by atoms with Crippen LogP contribution in [0.25, 0.3) is 0 Å². The van der Waals surface area contributed by atoms with Gasteiger partial charge in [-0.15, -0.1) is 0 Å². The summed E-state index contributed by atoms with van der Waals surface area (Å²) in [6, 6.07) is 6.51. The summed E-state index contributed by atoms with van der Waals surface area (Å²) >= 11 is 0. The molecule has 4 N–H and O–H groups in total. The normalized spacial score (nSPS) is 29.4. The number of carboxylic acid groups (broad SMARTS) is 1. The molecule has 0 aromatic heterocycles. The third-order valence-corrected chi connectivity index (χ3v) is 2.30. The fourth-order valence-corrected chi connectivity index (χ4v) is 1.52. The average Bonchev–Trinajstić information content (AvgIpc) is 2.42. The van der Waals surface area contributed by atoms with E-state index in [0.717, 1.165) is 0 Å². The van der Waals surface area contributed by atoms with Gasteiger partial charge < -0.3 is 20.6 Å². The average molecular weight is 195 g/mol. The van der Waals surface area contributed by atoms with E-state index in [2.05, 4.69) is 5.32 Å². The van der Waals surface area contributed by atoms with Gasteiger partial charge in [0.2, 0.25) is 0 Å². The maximum atomic E-state index is 10.7. The summed E-state index contributed by atoms with van der Waals surface area (Å²) in [4.78, 5) is 10.7. The van der Waals surface area contributed by atoms with Crippen LogP contribution in [0.4, 0.5) is 5.69 Å². The second-order valence-corrected chi connectivity index (χ2v) is 3.19. The van der Waals surface area contributed by atoms with E-state index in [4.69, 9.17) is 5.11 Å². The summed E-state index contributed by atoms with van der Waals surface area (Å²) < 4.78 is 0. The molecule has 2 atom stereocenters. The van der Waals surface area contributed by atoms with E-state index < -0.39 is 17.8 Å². The van der Waals surface area contributed by atoms with Crippen LogP contribution in [0.5, 0.6) is 0 Å². The molecule has 74 valence electrons. The van der Waals surface area contributed by atoms with Gasteiger partial charge in [-0.25, -0.2) is 4.79 Å². The number of aliphatic hydroxyl groups is 2. The van der Waals surface area contributed by atoms with Crippen molar-refractivity contribution in [1.82, 2.24) is 0 Å². The number of carbonyl (C=O) groups is 1. The number of anilines is 1. The van der Waals surface area contributed by atoms with Crippen molar-refractivity contribution in [3.05, 3.63) is 29.8 Å². The molecule has 0 saturated carbocycles. The molecule has 0 saturated heterocycles. The van der Waals surface area contributed by atoms with Crippen LogP contribution in [-0.2, 0) is 4.79 Å². The molecule has 0 amide bonds. The molecule has 1 aliphatic heterocycles. The Balaban J connectivity index is 2.48. The molecule has 1 aliphatic rings. The van der Waals surface area contributed by atoms with Crippen molar-refractivity contribution in [3.63, 3.8) is 0 Å². The predicted molar refractivity (Wildman–Crippen MR) is 47.6 cm³/mol. The molecule has 0 radical (unpaired) electrons. The highest BCUT2D eigenvalue weighted by Gasteiger charge is 2.50. The van der Waals surface area contributed by atoms with Crippen molar-refractivity contribution in [1.29, 1.82) is 0 Å². The van der Waals surface area contributed by atoms with Crippen molar-refractivity contribution < 1.29 is 20.1 Å². The van der Waals surface area contributed by atoms with Gasteiger partial charge in [-0.1, -0.05) is 18.2 Å². The molecular formula is C9H9NO4. The smallest absolute Gasteiger partial charge is 0.360 e. The van der Waals surface area contributed by atoms with Crippen molar-refractivity contribution in [3.8, 4) is 0 Å². The lowest BCUT2D eigenvalue weighted by molar-refractivity contribution is -0.165. The molecule has 0 aliphatic carbocycles. The second-order valence-electron chi connectivity index (χ2n) is 3.19. The molecule has 1 aromatic carbocycles. The number of hydrogen-bond donors (Lipinski definition) is 4. The summed E-state index contributed by atoms with van der Waals surface area (Å²) in [6.45, 7) is 0. The zero-order valence-corrected chi connectivity index (χ0v) is 7.14. The molecule has 0 spiro atoms. The van der Waals surface area contributed by atoms with Crippen LogP contribution < -0.4 is 5.32 Å². The van der Waals surface area contributed by atoms with Crippen molar-refractivity contribution >= 4 is 11.7 Å². The number of fused-ring (bicyclic) bond motifs is 1. The highest BCUT2D eigenvalue weighted by atomic mass is 16.4. The van der Waals surface area contributed by atoms with E-state index in [-0.39, 0.29) is 0 Å².